The van der Waals surface area contributed by atoms with Gasteiger partial charge in [-0.2, -0.15) is 0 Å². The van der Waals surface area contributed by atoms with Crippen molar-refractivity contribution in [2.24, 2.45) is 0 Å². The molecule has 4 nitrogen and oxygen atoms in total. The molecule has 0 heterocycles. The Labute approximate surface area is 134 Å². The normalized spacial score (nSPS) is 11.8. The summed E-state index contributed by atoms with van der Waals surface area (Å²) in [5, 5.41) is 3.34. The number of ether oxygens (including phenoxy) is 1. The van der Waals surface area contributed by atoms with Crippen LogP contribution in [0.15, 0.2) is 29.2 Å². The Kier molecular flexibility index (Phi) is 8.23. The second-order valence-electron chi connectivity index (χ2n) is 4.45. The third-order valence-electron chi connectivity index (χ3n) is 2.65. The number of nitrogens with one attached hydrogen (secondary N) is 1. The number of halogens is 1. The van der Waals surface area contributed by atoms with E-state index in [9.17, 15) is 9.59 Å². The fourth-order valence-corrected chi connectivity index (χ4v) is 2.57. The van der Waals surface area contributed by atoms with Gasteiger partial charge in [0.25, 0.3) is 0 Å². The molecule has 1 aromatic rings. The third-order valence-corrected chi connectivity index (χ3v) is 4.00. The fraction of sp³-hybridized carbons (Fsp3) is 0.467. The molecule has 6 heteroatoms. The first kappa shape index (κ1) is 17.9. The molecule has 0 saturated carbocycles. The number of carbonyl (C=O) groups is 2. The minimum Gasteiger partial charge on any atom is -0.464 e. The first-order chi connectivity index (χ1) is 10.0. The Bertz CT molecular complexity index is 464. The Morgan fingerprint density at radius 3 is 2.62 bits per heavy atom. The van der Waals surface area contributed by atoms with Gasteiger partial charge in [0.2, 0.25) is 5.91 Å². The van der Waals surface area contributed by atoms with Gasteiger partial charge in [-0.1, -0.05) is 11.6 Å². The van der Waals surface area contributed by atoms with Gasteiger partial charge in [0.05, 0.1) is 6.61 Å². The molecule has 0 aliphatic carbocycles. The lowest BCUT2D eigenvalue weighted by atomic mass is 10.3. The Morgan fingerprint density at radius 1 is 1.33 bits per heavy atom. The van der Waals surface area contributed by atoms with E-state index in [1.165, 1.54) is 0 Å². The van der Waals surface area contributed by atoms with Crippen LogP contribution in [0.25, 0.3) is 0 Å². The maximum absolute atomic E-state index is 11.7. The minimum absolute atomic E-state index is 0.132. The highest BCUT2D eigenvalue weighted by molar-refractivity contribution is 7.99. The highest BCUT2D eigenvalue weighted by atomic mass is 35.5. The predicted molar refractivity (Wildman–Crippen MR) is 85.6 cm³/mol. The van der Waals surface area contributed by atoms with E-state index in [0.29, 0.717) is 18.1 Å². The highest BCUT2D eigenvalue weighted by Gasteiger charge is 2.15. The van der Waals surface area contributed by atoms with Crippen LogP contribution in [0, 0.1) is 0 Å². The van der Waals surface area contributed by atoms with Gasteiger partial charge in [0, 0.05) is 16.3 Å². The standard InChI is InChI=1S/C15H20ClNO3S/c1-3-20-15(19)11(2)17-14(18)5-4-10-21-13-8-6-12(16)7-9-13/h6-9,11H,3-5,10H2,1-2H3,(H,17,18). The molecule has 0 aromatic heterocycles. The van der Waals surface area contributed by atoms with Crippen LogP contribution < -0.4 is 5.32 Å². The van der Waals surface area contributed by atoms with Crippen molar-refractivity contribution in [3.05, 3.63) is 29.3 Å². The summed E-state index contributed by atoms with van der Waals surface area (Å²) < 4.78 is 4.83. The molecule has 0 spiro atoms. The highest BCUT2D eigenvalue weighted by Crippen LogP contribution is 2.21. The molecule has 21 heavy (non-hydrogen) atoms. The van der Waals surface area contributed by atoms with Crippen LogP contribution in [0.4, 0.5) is 0 Å². The molecule has 1 amide bonds. The molecule has 0 bridgehead atoms. The van der Waals surface area contributed by atoms with Crippen molar-refractivity contribution in [2.75, 3.05) is 12.4 Å². The summed E-state index contributed by atoms with van der Waals surface area (Å²) in [7, 11) is 0. The summed E-state index contributed by atoms with van der Waals surface area (Å²) in [5.74, 6) is 0.302. The average Bonchev–Trinajstić information content (AvgIpc) is 2.45. The molecule has 0 radical (unpaired) electrons. The first-order valence-electron chi connectivity index (χ1n) is 6.87. The van der Waals surface area contributed by atoms with Crippen molar-refractivity contribution in [2.45, 2.75) is 37.6 Å². The van der Waals surface area contributed by atoms with E-state index in [-0.39, 0.29) is 5.91 Å². The molecule has 1 aromatic carbocycles. The number of hydrogen-bond acceptors (Lipinski definition) is 4. The fourth-order valence-electron chi connectivity index (χ4n) is 1.59. The van der Waals surface area contributed by atoms with E-state index >= 15 is 0 Å². The lowest BCUT2D eigenvalue weighted by Gasteiger charge is -2.12. The van der Waals surface area contributed by atoms with Crippen LogP contribution in [-0.2, 0) is 14.3 Å². The lowest BCUT2D eigenvalue weighted by molar-refractivity contribution is -0.146. The third kappa shape index (κ3) is 7.39. The summed E-state index contributed by atoms with van der Waals surface area (Å²) in [5.41, 5.74) is 0. The average molecular weight is 330 g/mol. The van der Waals surface area contributed by atoms with Crippen molar-refractivity contribution in [1.29, 1.82) is 0 Å². The van der Waals surface area contributed by atoms with Gasteiger partial charge in [-0.15, -0.1) is 11.8 Å². The van der Waals surface area contributed by atoms with E-state index < -0.39 is 12.0 Å². The van der Waals surface area contributed by atoms with Crippen molar-refractivity contribution in [1.82, 2.24) is 5.32 Å². The van der Waals surface area contributed by atoms with Gasteiger partial charge in [0.15, 0.2) is 0 Å². The van der Waals surface area contributed by atoms with Gasteiger partial charge in [0.1, 0.15) is 6.04 Å². The number of esters is 1. The zero-order valence-electron chi connectivity index (χ0n) is 12.2. The van der Waals surface area contributed by atoms with Crippen molar-refractivity contribution < 1.29 is 14.3 Å². The van der Waals surface area contributed by atoms with Gasteiger partial charge in [-0.3, -0.25) is 4.79 Å². The molecule has 1 atom stereocenters. The van der Waals surface area contributed by atoms with Crippen LogP contribution in [0.1, 0.15) is 26.7 Å². The topological polar surface area (TPSA) is 55.4 Å². The van der Waals surface area contributed by atoms with E-state index in [1.54, 1.807) is 25.6 Å². The van der Waals surface area contributed by atoms with Gasteiger partial charge >= 0.3 is 5.97 Å². The molecule has 0 aliphatic rings. The van der Waals surface area contributed by atoms with Gasteiger partial charge in [-0.05, 0) is 50.3 Å². The van der Waals surface area contributed by atoms with Crippen molar-refractivity contribution >= 4 is 35.2 Å². The second-order valence-corrected chi connectivity index (χ2v) is 6.05. The number of rotatable bonds is 8. The van der Waals surface area contributed by atoms with E-state index in [4.69, 9.17) is 16.3 Å². The molecule has 0 fully saturated rings. The number of amides is 1. The Hall–Kier alpha value is -1.20. The van der Waals surface area contributed by atoms with E-state index in [2.05, 4.69) is 5.32 Å². The van der Waals surface area contributed by atoms with Gasteiger partial charge < -0.3 is 10.1 Å². The number of thioether (sulfide) groups is 1. The monoisotopic (exact) mass is 329 g/mol. The first-order valence-corrected chi connectivity index (χ1v) is 8.23. The van der Waals surface area contributed by atoms with Crippen LogP contribution in [0.5, 0.6) is 0 Å². The second kappa shape index (κ2) is 9.68. The predicted octanol–water partition coefficient (Wildman–Crippen LogP) is 3.28. The SMILES string of the molecule is CCOC(=O)C(C)NC(=O)CCCSc1ccc(Cl)cc1. The molecule has 1 unspecified atom stereocenters. The Balaban J connectivity index is 2.18. The molecule has 0 saturated heterocycles. The zero-order valence-corrected chi connectivity index (χ0v) is 13.8. The molecule has 116 valence electrons. The smallest absolute Gasteiger partial charge is 0.328 e. The summed E-state index contributed by atoms with van der Waals surface area (Å²) in [6.07, 6.45) is 1.14. The number of hydrogen-bond donors (Lipinski definition) is 1. The molecule has 1 N–H and O–H groups in total. The van der Waals surface area contributed by atoms with E-state index in [0.717, 1.165) is 17.1 Å². The van der Waals surface area contributed by atoms with E-state index in [1.807, 2.05) is 24.3 Å². The van der Waals surface area contributed by atoms with Crippen LogP contribution >= 0.6 is 23.4 Å². The summed E-state index contributed by atoms with van der Waals surface area (Å²) in [6, 6.07) is 7.00. The van der Waals surface area contributed by atoms with Crippen molar-refractivity contribution in [3.8, 4) is 0 Å². The van der Waals surface area contributed by atoms with Gasteiger partial charge in [-0.25, -0.2) is 4.79 Å². The largest absolute Gasteiger partial charge is 0.464 e. The molecule has 0 aliphatic heterocycles. The Morgan fingerprint density at radius 2 is 2.00 bits per heavy atom. The summed E-state index contributed by atoms with van der Waals surface area (Å²) in [4.78, 5) is 24.2. The minimum atomic E-state index is -0.596. The van der Waals surface area contributed by atoms with Crippen LogP contribution in [0.2, 0.25) is 5.02 Å². The molecular formula is C15H20ClNO3S. The number of carbonyl (C=O) groups excluding carboxylic acids is 2. The summed E-state index contributed by atoms with van der Waals surface area (Å²) >= 11 is 7.49. The molecule has 1 rings (SSSR count). The maximum atomic E-state index is 11.7. The van der Waals surface area contributed by atoms with Crippen LogP contribution in [0.3, 0.4) is 0 Å². The van der Waals surface area contributed by atoms with Crippen molar-refractivity contribution in [3.63, 3.8) is 0 Å². The maximum Gasteiger partial charge on any atom is 0.328 e. The van der Waals surface area contributed by atoms with Crippen LogP contribution in [-0.4, -0.2) is 30.3 Å². The quantitative estimate of drug-likeness (QED) is 0.452. The molecular weight excluding hydrogens is 310 g/mol. The lowest BCUT2D eigenvalue weighted by Crippen LogP contribution is -2.39. The summed E-state index contributed by atoms with van der Waals surface area (Å²) in [6.45, 7) is 3.68. The zero-order chi connectivity index (χ0) is 15.7. The number of benzene rings is 1.